The molecule has 1 aliphatic rings. The first-order chi connectivity index (χ1) is 5.95. The Morgan fingerprint density at radius 2 is 1.67 bits per heavy atom. The molecule has 0 N–H and O–H groups in total. The van der Waals surface area contributed by atoms with Crippen LogP contribution in [0.2, 0.25) is 0 Å². The van der Waals surface area contributed by atoms with Gasteiger partial charge in [0.25, 0.3) is 0 Å². The van der Waals surface area contributed by atoms with Gasteiger partial charge in [-0.15, -0.1) is 0 Å². The molecule has 0 aliphatic carbocycles. The highest BCUT2D eigenvalue weighted by molar-refractivity contribution is 8.74. The number of hydrogen-bond acceptors (Lipinski definition) is 1. The van der Waals surface area contributed by atoms with Gasteiger partial charge in [0.15, 0.2) is 0 Å². The third kappa shape index (κ3) is 2.20. The molecule has 12 heavy (non-hydrogen) atoms. The number of benzene rings is 1. The van der Waals surface area contributed by atoms with Crippen molar-refractivity contribution < 1.29 is 0 Å². The van der Waals surface area contributed by atoms with Gasteiger partial charge in [-0.2, -0.15) is 0 Å². The molecule has 1 fully saturated rings. The lowest BCUT2D eigenvalue weighted by Gasteiger charge is -1.96. The molecule has 0 saturated carbocycles. The van der Waals surface area contributed by atoms with E-state index in [0.29, 0.717) is 9.93 Å². The molecule has 0 nitrogen and oxygen atoms in total. The molecule has 1 saturated heterocycles. The fourth-order valence-corrected chi connectivity index (χ4v) is 5.64. The zero-order valence-electron chi connectivity index (χ0n) is 7.03. The molecule has 1 aromatic rings. The largest absolute Gasteiger partial charge is 0.128 e. The third-order valence-corrected chi connectivity index (χ3v) is 6.42. The van der Waals surface area contributed by atoms with Gasteiger partial charge < -0.3 is 0 Å². The van der Waals surface area contributed by atoms with Gasteiger partial charge in [0.2, 0.25) is 0 Å². The highest BCUT2D eigenvalue weighted by Crippen LogP contribution is 2.31. The first-order valence-corrected chi connectivity index (χ1v) is 7.26. The van der Waals surface area contributed by atoms with Crippen molar-refractivity contribution in [2.75, 3.05) is 11.5 Å². The van der Waals surface area contributed by atoms with Crippen LogP contribution in [0.3, 0.4) is 0 Å². The van der Waals surface area contributed by atoms with Crippen molar-refractivity contribution in [1.82, 2.24) is 0 Å². The molecular weight excluding hydrogens is 184 g/mol. The summed E-state index contributed by atoms with van der Waals surface area (Å²) in [6.07, 6.45) is 2.89. The summed E-state index contributed by atoms with van der Waals surface area (Å²) in [5, 5.41) is 0. The van der Waals surface area contributed by atoms with Gasteiger partial charge in [0.1, 0.15) is 22.3 Å². The molecule has 1 aliphatic heterocycles. The van der Waals surface area contributed by atoms with E-state index in [0.717, 1.165) is 0 Å². The highest BCUT2D eigenvalue weighted by atomic mass is 33.1. The summed E-state index contributed by atoms with van der Waals surface area (Å²) in [5.74, 6) is 2.89. The molecule has 0 bridgehead atoms. The zero-order chi connectivity index (χ0) is 8.23. The molecule has 2 heteroatoms. The Labute approximate surface area is 80.5 Å². The fourth-order valence-electron chi connectivity index (χ4n) is 1.32. The van der Waals surface area contributed by atoms with Crippen LogP contribution in [0.5, 0.6) is 0 Å². The normalized spacial score (nSPS) is 18.3. The Hall–Kier alpha value is -0.0800. The molecule has 0 radical (unpaired) electrons. The zero-order valence-corrected chi connectivity index (χ0v) is 8.66. The van der Waals surface area contributed by atoms with Crippen LogP contribution in [-0.2, 0) is 9.93 Å². The molecule has 0 amide bonds. The maximum Gasteiger partial charge on any atom is 0.128 e. The van der Waals surface area contributed by atoms with Gasteiger partial charge in [0.05, 0.1) is 14.8 Å². The maximum absolute atomic E-state index is 2.22. The molecule has 1 heterocycles. The van der Waals surface area contributed by atoms with Gasteiger partial charge in [-0.1, -0.05) is 18.2 Å². The maximum atomic E-state index is 2.22. The Morgan fingerprint density at radius 1 is 1.00 bits per heavy atom. The second kappa shape index (κ2) is 4.24. The standard InChI is InChI=1S/C10H13S2/c1-2-6-10(7-3-1)11-12-8-4-5-9-12/h1-3,6-7H,4-5,8-9H2/q+1. The highest BCUT2D eigenvalue weighted by Gasteiger charge is 2.26. The van der Waals surface area contributed by atoms with Crippen LogP contribution >= 0.6 is 10.8 Å². The number of rotatable bonds is 2. The topological polar surface area (TPSA) is 0 Å². The summed E-state index contributed by atoms with van der Waals surface area (Å²) in [4.78, 5) is 1.45. The van der Waals surface area contributed by atoms with Gasteiger partial charge in [-0.3, -0.25) is 0 Å². The molecule has 0 unspecified atom stereocenters. The number of hydrogen-bond donors (Lipinski definition) is 0. The first kappa shape index (κ1) is 8.52. The average Bonchev–Trinajstić information content (AvgIpc) is 2.59. The quantitative estimate of drug-likeness (QED) is 0.518. The Kier molecular flexibility index (Phi) is 3.01. The molecule has 2 rings (SSSR count). The minimum atomic E-state index is 0.638. The van der Waals surface area contributed by atoms with Crippen LogP contribution in [0.25, 0.3) is 0 Å². The molecular formula is C10H13S2+. The molecule has 64 valence electrons. The van der Waals surface area contributed by atoms with E-state index in [4.69, 9.17) is 0 Å². The minimum absolute atomic E-state index is 0.638. The predicted octanol–water partition coefficient (Wildman–Crippen LogP) is 3.11. The van der Waals surface area contributed by atoms with Crippen molar-refractivity contribution in [2.45, 2.75) is 17.7 Å². The molecule has 1 aromatic carbocycles. The molecule has 0 spiro atoms. The molecule has 0 aromatic heterocycles. The van der Waals surface area contributed by atoms with Crippen molar-refractivity contribution in [3.8, 4) is 0 Å². The Morgan fingerprint density at radius 3 is 2.33 bits per heavy atom. The Bertz CT molecular complexity index is 227. The lowest BCUT2D eigenvalue weighted by atomic mass is 10.4. The van der Waals surface area contributed by atoms with Crippen LogP contribution in [-0.4, -0.2) is 11.5 Å². The fraction of sp³-hybridized carbons (Fsp3) is 0.400. The van der Waals surface area contributed by atoms with E-state index in [1.54, 1.807) is 0 Å². The van der Waals surface area contributed by atoms with Crippen LogP contribution in [0.4, 0.5) is 0 Å². The lowest BCUT2D eigenvalue weighted by Crippen LogP contribution is -1.95. The van der Waals surface area contributed by atoms with Crippen LogP contribution in [0.15, 0.2) is 35.2 Å². The van der Waals surface area contributed by atoms with Gasteiger partial charge in [0, 0.05) is 0 Å². The van der Waals surface area contributed by atoms with E-state index in [-0.39, 0.29) is 0 Å². The minimum Gasteiger partial charge on any atom is -0.0622 e. The monoisotopic (exact) mass is 197 g/mol. The average molecular weight is 197 g/mol. The summed E-state index contributed by atoms with van der Waals surface area (Å²) in [6.45, 7) is 0. The van der Waals surface area contributed by atoms with E-state index in [9.17, 15) is 0 Å². The summed E-state index contributed by atoms with van der Waals surface area (Å²) in [5.41, 5.74) is 0. The van der Waals surface area contributed by atoms with Gasteiger partial charge in [-0.05, 0) is 25.0 Å². The van der Waals surface area contributed by atoms with Gasteiger partial charge in [-0.25, -0.2) is 0 Å². The summed E-state index contributed by atoms with van der Waals surface area (Å²) in [7, 11) is 2.72. The second-order valence-electron chi connectivity index (χ2n) is 2.95. The summed E-state index contributed by atoms with van der Waals surface area (Å²) < 4.78 is 0. The van der Waals surface area contributed by atoms with Crippen molar-refractivity contribution in [3.63, 3.8) is 0 Å². The van der Waals surface area contributed by atoms with Crippen molar-refractivity contribution >= 4 is 20.7 Å². The van der Waals surface area contributed by atoms with E-state index in [1.165, 1.54) is 29.2 Å². The summed E-state index contributed by atoms with van der Waals surface area (Å²) >= 11 is 0. The first-order valence-electron chi connectivity index (χ1n) is 4.36. The second-order valence-corrected chi connectivity index (χ2v) is 7.20. The van der Waals surface area contributed by atoms with E-state index in [2.05, 4.69) is 41.1 Å². The SMILES string of the molecule is c1ccc(S[S+]2CCCC2)cc1. The van der Waals surface area contributed by atoms with Crippen molar-refractivity contribution in [2.24, 2.45) is 0 Å². The smallest absolute Gasteiger partial charge is 0.0622 e. The van der Waals surface area contributed by atoms with E-state index < -0.39 is 0 Å². The van der Waals surface area contributed by atoms with Crippen molar-refractivity contribution in [1.29, 1.82) is 0 Å². The molecule has 0 atom stereocenters. The van der Waals surface area contributed by atoms with Crippen LogP contribution < -0.4 is 0 Å². The predicted molar refractivity (Wildman–Crippen MR) is 58.6 cm³/mol. The van der Waals surface area contributed by atoms with E-state index >= 15 is 0 Å². The van der Waals surface area contributed by atoms with Crippen LogP contribution in [0.1, 0.15) is 12.8 Å². The summed E-state index contributed by atoms with van der Waals surface area (Å²) in [6, 6.07) is 10.8. The van der Waals surface area contributed by atoms with E-state index in [1.807, 2.05) is 0 Å². The van der Waals surface area contributed by atoms with Crippen LogP contribution in [0, 0.1) is 0 Å². The van der Waals surface area contributed by atoms with Crippen molar-refractivity contribution in [3.05, 3.63) is 30.3 Å². The third-order valence-electron chi connectivity index (χ3n) is 1.95. The van der Waals surface area contributed by atoms with Gasteiger partial charge >= 0.3 is 0 Å². The lowest BCUT2D eigenvalue weighted by molar-refractivity contribution is 0.949. The Balaban J connectivity index is 1.94.